The lowest BCUT2D eigenvalue weighted by Gasteiger charge is -2.45. The molecule has 0 aliphatic carbocycles. The summed E-state index contributed by atoms with van der Waals surface area (Å²) in [5.74, 6) is 2.10. The summed E-state index contributed by atoms with van der Waals surface area (Å²) < 4.78 is 10.7. The van der Waals surface area contributed by atoms with Gasteiger partial charge in [0.25, 0.3) is 5.91 Å². The van der Waals surface area contributed by atoms with Gasteiger partial charge in [0.15, 0.2) is 11.5 Å². The van der Waals surface area contributed by atoms with E-state index >= 15 is 0 Å². The van der Waals surface area contributed by atoms with Crippen LogP contribution in [0, 0.1) is 6.92 Å². The summed E-state index contributed by atoms with van der Waals surface area (Å²) in [5, 5.41) is 0. The molecule has 1 saturated heterocycles. The molecule has 158 valence electrons. The first-order valence-corrected chi connectivity index (χ1v) is 10.2. The zero-order valence-electron chi connectivity index (χ0n) is 17.5. The molecular formula is C22H26N4O4. The maximum atomic E-state index is 12.9. The van der Waals surface area contributed by atoms with E-state index in [4.69, 9.17) is 9.47 Å². The Kier molecular flexibility index (Phi) is 5.57. The van der Waals surface area contributed by atoms with Gasteiger partial charge in [-0.25, -0.2) is 9.97 Å². The van der Waals surface area contributed by atoms with Crippen LogP contribution in [0.1, 0.15) is 42.0 Å². The van der Waals surface area contributed by atoms with Gasteiger partial charge in [-0.2, -0.15) is 0 Å². The van der Waals surface area contributed by atoms with Crippen molar-refractivity contribution in [1.82, 2.24) is 19.8 Å². The number of carbonyl (C=O) groups excluding carboxylic acids is 2. The molecule has 1 aromatic heterocycles. The standard InChI is InChI=1S/C22H26N4O4/c1-14-15(2)26(22(28)18-11-23-16(3)24-12-18)9-8-25(14)21(27)7-5-17-4-6-19-20(10-17)30-13-29-19/h4,6,10-12,14-15H,5,7-9,13H2,1-3H3/t14-,15-/m1/s1. The van der Waals surface area contributed by atoms with E-state index in [1.807, 2.05) is 36.9 Å². The van der Waals surface area contributed by atoms with Crippen LogP contribution in [0.25, 0.3) is 0 Å². The minimum atomic E-state index is -0.0955. The number of aromatic nitrogens is 2. The minimum absolute atomic E-state index is 0.0710. The Labute approximate surface area is 175 Å². The second-order valence-corrected chi connectivity index (χ2v) is 7.77. The molecule has 8 nitrogen and oxygen atoms in total. The molecule has 0 unspecified atom stereocenters. The predicted molar refractivity (Wildman–Crippen MR) is 109 cm³/mol. The van der Waals surface area contributed by atoms with E-state index < -0.39 is 0 Å². The van der Waals surface area contributed by atoms with E-state index in [1.54, 1.807) is 24.2 Å². The molecule has 0 radical (unpaired) electrons. The van der Waals surface area contributed by atoms with Crippen LogP contribution in [0.5, 0.6) is 11.5 Å². The van der Waals surface area contributed by atoms with Gasteiger partial charge in [0.1, 0.15) is 5.82 Å². The van der Waals surface area contributed by atoms with Crippen molar-refractivity contribution in [3.05, 3.63) is 47.5 Å². The fourth-order valence-corrected chi connectivity index (χ4v) is 3.94. The fraction of sp³-hybridized carbons (Fsp3) is 0.455. The molecule has 0 N–H and O–H groups in total. The Balaban J connectivity index is 1.36. The highest BCUT2D eigenvalue weighted by Gasteiger charge is 2.36. The molecule has 2 amide bonds. The minimum Gasteiger partial charge on any atom is -0.454 e. The first-order valence-electron chi connectivity index (χ1n) is 10.2. The summed E-state index contributed by atoms with van der Waals surface area (Å²) in [4.78, 5) is 37.7. The Morgan fingerprint density at radius 2 is 1.70 bits per heavy atom. The van der Waals surface area contributed by atoms with Crippen molar-refractivity contribution in [1.29, 1.82) is 0 Å². The normalized spacial score (nSPS) is 20.4. The number of carbonyl (C=O) groups is 2. The van der Waals surface area contributed by atoms with Gasteiger partial charge in [-0.05, 0) is 44.9 Å². The zero-order chi connectivity index (χ0) is 21.3. The molecule has 2 aliphatic rings. The van der Waals surface area contributed by atoms with Crippen molar-refractivity contribution in [3.63, 3.8) is 0 Å². The molecule has 1 fully saturated rings. The van der Waals surface area contributed by atoms with Gasteiger partial charge in [-0.1, -0.05) is 6.07 Å². The Morgan fingerprint density at radius 3 is 2.47 bits per heavy atom. The first kappa shape index (κ1) is 20.1. The number of benzene rings is 1. The number of fused-ring (bicyclic) bond motifs is 1. The zero-order valence-corrected chi connectivity index (χ0v) is 17.5. The quantitative estimate of drug-likeness (QED) is 0.768. The van der Waals surface area contributed by atoms with Crippen molar-refractivity contribution in [2.24, 2.45) is 0 Å². The van der Waals surface area contributed by atoms with Gasteiger partial charge in [0.2, 0.25) is 12.7 Å². The number of hydrogen-bond acceptors (Lipinski definition) is 6. The van der Waals surface area contributed by atoms with Gasteiger partial charge in [0, 0.05) is 44.0 Å². The van der Waals surface area contributed by atoms with Gasteiger partial charge >= 0.3 is 0 Å². The fourth-order valence-electron chi connectivity index (χ4n) is 3.94. The van der Waals surface area contributed by atoms with E-state index in [1.165, 1.54) is 0 Å². The number of hydrogen-bond donors (Lipinski definition) is 0. The molecular weight excluding hydrogens is 384 g/mol. The van der Waals surface area contributed by atoms with E-state index in [-0.39, 0.29) is 30.7 Å². The third-order valence-corrected chi connectivity index (χ3v) is 5.94. The van der Waals surface area contributed by atoms with Crippen LogP contribution in [0.3, 0.4) is 0 Å². The summed E-state index contributed by atoms with van der Waals surface area (Å²) in [6, 6.07) is 5.61. The van der Waals surface area contributed by atoms with E-state index in [2.05, 4.69) is 9.97 Å². The lowest BCUT2D eigenvalue weighted by molar-refractivity contribution is -0.136. The second kappa shape index (κ2) is 8.30. The van der Waals surface area contributed by atoms with E-state index in [0.29, 0.717) is 37.3 Å². The monoisotopic (exact) mass is 410 g/mol. The highest BCUT2D eigenvalue weighted by molar-refractivity contribution is 5.94. The summed E-state index contributed by atoms with van der Waals surface area (Å²) in [5.41, 5.74) is 1.52. The summed E-state index contributed by atoms with van der Waals surface area (Å²) in [6.45, 7) is 7.01. The third kappa shape index (κ3) is 3.94. The highest BCUT2D eigenvalue weighted by Crippen LogP contribution is 2.33. The number of ether oxygens (including phenoxy) is 2. The van der Waals surface area contributed by atoms with Gasteiger partial charge < -0.3 is 19.3 Å². The molecule has 0 saturated carbocycles. The molecule has 4 rings (SSSR count). The number of piperazine rings is 1. The van der Waals surface area contributed by atoms with Crippen LogP contribution in [-0.4, -0.2) is 63.5 Å². The molecule has 0 bridgehead atoms. The van der Waals surface area contributed by atoms with E-state index in [0.717, 1.165) is 17.1 Å². The lowest BCUT2D eigenvalue weighted by atomic mass is 10.0. The molecule has 3 heterocycles. The second-order valence-electron chi connectivity index (χ2n) is 7.77. The van der Waals surface area contributed by atoms with Crippen LogP contribution in [0.2, 0.25) is 0 Å². The number of nitrogens with zero attached hydrogens (tertiary/aromatic N) is 4. The predicted octanol–water partition coefficient (Wildman–Crippen LogP) is 2.21. The van der Waals surface area contributed by atoms with Crippen molar-refractivity contribution in [3.8, 4) is 11.5 Å². The maximum Gasteiger partial charge on any atom is 0.257 e. The number of aryl methyl sites for hydroxylation is 2. The van der Waals surface area contributed by atoms with Gasteiger partial charge in [-0.3, -0.25) is 9.59 Å². The maximum absolute atomic E-state index is 12.9. The average Bonchev–Trinajstić information content (AvgIpc) is 3.22. The molecule has 8 heteroatoms. The Hall–Kier alpha value is -3.16. The highest BCUT2D eigenvalue weighted by atomic mass is 16.7. The van der Waals surface area contributed by atoms with Gasteiger partial charge in [0.05, 0.1) is 5.56 Å². The Morgan fingerprint density at radius 1 is 1.03 bits per heavy atom. The average molecular weight is 410 g/mol. The number of rotatable bonds is 4. The van der Waals surface area contributed by atoms with Crippen LogP contribution >= 0.6 is 0 Å². The topological polar surface area (TPSA) is 84.9 Å². The van der Waals surface area contributed by atoms with Crippen LogP contribution < -0.4 is 9.47 Å². The summed E-state index contributed by atoms with van der Waals surface area (Å²) in [7, 11) is 0. The van der Waals surface area contributed by atoms with Crippen molar-refractivity contribution in [2.45, 2.75) is 45.7 Å². The molecule has 2 aliphatic heterocycles. The summed E-state index contributed by atoms with van der Waals surface area (Å²) in [6.07, 6.45) is 4.17. The van der Waals surface area contributed by atoms with Gasteiger partial charge in [-0.15, -0.1) is 0 Å². The third-order valence-electron chi connectivity index (χ3n) is 5.94. The molecule has 2 atom stereocenters. The first-order chi connectivity index (χ1) is 14.4. The molecule has 1 aromatic carbocycles. The molecule has 2 aromatic rings. The van der Waals surface area contributed by atoms with Crippen LogP contribution in [0.4, 0.5) is 0 Å². The Bertz CT molecular complexity index is 947. The molecule has 30 heavy (non-hydrogen) atoms. The van der Waals surface area contributed by atoms with E-state index in [9.17, 15) is 9.59 Å². The summed E-state index contributed by atoms with van der Waals surface area (Å²) >= 11 is 0. The van der Waals surface area contributed by atoms with Crippen LogP contribution in [0.15, 0.2) is 30.6 Å². The molecule has 0 spiro atoms. The van der Waals surface area contributed by atoms with Crippen molar-refractivity contribution < 1.29 is 19.1 Å². The largest absolute Gasteiger partial charge is 0.454 e. The SMILES string of the molecule is Cc1ncc(C(=O)N2CCN(C(=O)CCc3ccc4c(c3)OCO4)[C@H](C)[C@H]2C)cn1. The smallest absolute Gasteiger partial charge is 0.257 e. The number of amides is 2. The van der Waals surface area contributed by atoms with Crippen molar-refractivity contribution >= 4 is 11.8 Å². The van der Waals surface area contributed by atoms with Crippen LogP contribution in [-0.2, 0) is 11.2 Å². The lowest BCUT2D eigenvalue weighted by Crippen LogP contribution is -2.60. The van der Waals surface area contributed by atoms with Crippen molar-refractivity contribution in [2.75, 3.05) is 19.9 Å².